The normalized spacial score (nSPS) is 11.3. The fourth-order valence-electron chi connectivity index (χ4n) is 7.01. The summed E-state index contributed by atoms with van der Waals surface area (Å²) in [5, 5.41) is 4.60. The molecule has 0 N–H and O–H groups in total. The summed E-state index contributed by atoms with van der Waals surface area (Å²) in [7, 11) is 0. The number of hydrogen-bond donors (Lipinski definition) is 0. The van der Waals surface area contributed by atoms with Crippen LogP contribution in [0.5, 0.6) is 0 Å². The third-order valence-corrected chi connectivity index (χ3v) is 9.26. The largest absolute Gasteiger partial charge is 0.456 e. The minimum Gasteiger partial charge on any atom is -0.456 e. The third-order valence-electron chi connectivity index (χ3n) is 9.26. The fourth-order valence-corrected chi connectivity index (χ4v) is 7.01. The Balaban J connectivity index is 1.35. The smallest absolute Gasteiger partial charge is 0.136 e. The van der Waals surface area contributed by atoms with E-state index >= 15 is 0 Å². The van der Waals surface area contributed by atoms with Crippen molar-refractivity contribution in [1.29, 1.82) is 0 Å². The molecule has 0 atom stereocenters. The van der Waals surface area contributed by atoms with E-state index in [1.165, 1.54) is 33.0 Å². The molecule has 0 fully saturated rings. The number of fused-ring (bicyclic) bond motifs is 4. The van der Waals surface area contributed by atoms with Crippen molar-refractivity contribution in [3.8, 4) is 33.4 Å². The molecule has 8 aromatic carbocycles. The van der Waals surface area contributed by atoms with Crippen LogP contribution in [-0.4, -0.2) is 0 Å². The number of rotatable bonds is 6. The Morgan fingerprint density at radius 2 is 0.938 bits per heavy atom. The molecule has 1 heterocycles. The minimum atomic E-state index is 0.873. The Labute approximate surface area is 279 Å². The number of benzene rings is 8. The highest BCUT2D eigenvalue weighted by molar-refractivity contribution is 6.17. The number of para-hydroxylation sites is 1. The molecule has 2 nitrogen and oxygen atoms in total. The van der Waals surface area contributed by atoms with Crippen LogP contribution in [0.25, 0.3) is 66.1 Å². The lowest BCUT2D eigenvalue weighted by atomic mass is 9.93. The van der Waals surface area contributed by atoms with Crippen LogP contribution >= 0.6 is 0 Å². The van der Waals surface area contributed by atoms with Gasteiger partial charge >= 0.3 is 0 Å². The monoisotopic (exact) mass is 613 g/mol. The predicted molar refractivity (Wildman–Crippen MR) is 202 cm³/mol. The maximum Gasteiger partial charge on any atom is 0.136 e. The highest BCUT2D eigenvalue weighted by Crippen LogP contribution is 2.48. The highest BCUT2D eigenvalue weighted by atomic mass is 16.3. The molecule has 0 saturated carbocycles. The summed E-state index contributed by atoms with van der Waals surface area (Å²) >= 11 is 0. The fraction of sp³-hybridized carbons (Fsp3) is 0. The second kappa shape index (κ2) is 11.8. The lowest BCUT2D eigenvalue weighted by Gasteiger charge is -2.29. The Hall–Kier alpha value is -6.38. The van der Waals surface area contributed by atoms with Gasteiger partial charge in [-0.25, -0.2) is 0 Å². The first-order valence-corrected chi connectivity index (χ1v) is 16.4. The summed E-state index contributed by atoms with van der Waals surface area (Å²) in [4.78, 5) is 2.42. The first kappa shape index (κ1) is 27.9. The van der Waals surface area contributed by atoms with Crippen LogP contribution < -0.4 is 4.90 Å². The van der Waals surface area contributed by atoms with Crippen LogP contribution in [0.15, 0.2) is 192 Å². The van der Waals surface area contributed by atoms with Gasteiger partial charge in [-0.2, -0.15) is 0 Å². The Morgan fingerprint density at radius 1 is 0.354 bits per heavy atom. The van der Waals surface area contributed by atoms with Crippen molar-refractivity contribution in [1.82, 2.24) is 0 Å². The van der Waals surface area contributed by atoms with E-state index in [0.29, 0.717) is 0 Å². The van der Waals surface area contributed by atoms with Gasteiger partial charge in [-0.3, -0.25) is 0 Å². The van der Waals surface area contributed by atoms with E-state index in [1.807, 2.05) is 6.07 Å². The van der Waals surface area contributed by atoms with Gasteiger partial charge < -0.3 is 9.32 Å². The number of nitrogens with zero attached hydrogens (tertiary/aromatic N) is 1. The number of anilines is 3. The quantitative estimate of drug-likeness (QED) is 0.185. The topological polar surface area (TPSA) is 16.4 Å². The van der Waals surface area contributed by atoms with E-state index in [1.54, 1.807) is 0 Å². The first-order chi connectivity index (χ1) is 23.8. The van der Waals surface area contributed by atoms with Crippen LogP contribution in [0.4, 0.5) is 17.1 Å². The first-order valence-electron chi connectivity index (χ1n) is 16.4. The third kappa shape index (κ3) is 4.83. The van der Waals surface area contributed by atoms with Crippen molar-refractivity contribution >= 4 is 49.8 Å². The average molecular weight is 614 g/mol. The molecule has 9 rings (SSSR count). The molecule has 1 aromatic heterocycles. The minimum absolute atomic E-state index is 0.873. The van der Waals surface area contributed by atoms with Crippen molar-refractivity contribution in [2.45, 2.75) is 0 Å². The lowest BCUT2D eigenvalue weighted by Crippen LogP contribution is -2.12. The van der Waals surface area contributed by atoms with E-state index in [4.69, 9.17) is 4.42 Å². The van der Waals surface area contributed by atoms with Gasteiger partial charge in [0.25, 0.3) is 0 Å². The molecule has 0 amide bonds. The summed E-state index contributed by atoms with van der Waals surface area (Å²) in [5.74, 6) is 0. The van der Waals surface area contributed by atoms with E-state index in [0.717, 1.165) is 50.1 Å². The van der Waals surface area contributed by atoms with Crippen LogP contribution in [0.2, 0.25) is 0 Å². The van der Waals surface area contributed by atoms with Crippen LogP contribution in [0.1, 0.15) is 0 Å². The zero-order valence-corrected chi connectivity index (χ0v) is 26.3. The molecule has 0 aliphatic carbocycles. The second-order valence-electron chi connectivity index (χ2n) is 12.1. The molecule has 0 saturated heterocycles. The van der Waals surface area contributed by atoms with E-state index in [9.17, 15) is 0 Å². The van der Waals surface area contributed by atoms with Crippen LogP contribution in [0, 0.1) is 0 Å². The number of furan rings is 1. The summed E-state index contributed by atoms with van der Waals surface area (Å²) in [6.45, 7) is 0. The van der Waals surface area contributed by atoms with Crippen molar-refractivity contribution in [2.75, 3.05) is 4.90 Å². The average Bonchev–Trinajstić information content (AvgIpc) is 3.55. The second-order valence-corrected chi connectivity index (χ2v) is 12.1. The van der Waals surface area contributed by atoms with Crippen LogP contribution in [0.3, 0.4) is 0 Å². The summed E-state index contributed by atoms with van der Waals surface area (Å²) < 4.78 is 6.49. The van der Waals surface area contributed by atoms with E-state index in [2.05, 4.69) is 187 Å². The molecule has 48 heavy (non-hydrogen) atoms. The molecule has 0 radical (unpaired) electrons. The predicted octanol–water partition coefficient (Wildman–Crippen LogP) is 13.2. The lowest BCUT2D eigenvalue weighted by molar-refractivity contribution is 0.669. The van der Waals surface area contributed by atoms with Gasteiger partial charge in [-0.1, -0.05) is 146 Å². The van der Waals surface area contributed by atoms with Gasteiger partial charge in [0.15, 0.2) is 0 Å². The van der Waals surface area contributed by atoms with Gasteiger partial charge in [-0.15, -0.1) is 0 Å². The molecule has 0 spiro atoms. The van der Waals surface area contributed by atoms with Gasteiger partial charge in [0, 0.05) is 27.4 Å². The Morgan fingerprint density at radius 3 is 1.73 bits per heavy atom. The molecular weight excluding hydrogens is 583 g/mol. The zero-order valence-electron chi connectivity index (χ0n) is 26.3. The molecule has 0 aliphatic rings. The summed E-state index contributed by atoms with van der Waals surface area (Å²) in [6.07, 6.45) is 0. The molecule has 226 valence electrons. The van der Waals surface area contributed by atoms with Crippen molar-refractivity contribution < 1.29 is 4.42 Å². The maximum absolute atomic E-state index is 6.49. The highest BCUT2D eigenvalue weighted by Gasteiger charge is 2.24. The Kier molecular flexibility index (Phi) is 6.84. The molecule has 9 aromatic rings. The maximum atomic E-state index is 6.49. The standard InChI is InChI=1S/C46H31NO/c1-3-13-32(14-4-1)34-25-27-38(28-26-34)47(41-23-12-18-35-17-7-8-21-39(35)41)42-29-30-44-46(40-22-9-10-24-43(40)48-44)45(42)37-20-11-19-36(31-37)33-15-5-2-6-16-33/h1-31H. The van der Waals surface area contributed by atoms with Crippen molar-refractivity contribution in [3.63, 3.8) is 0 Å². The van der Waals surface area contributed by atoms with E-state index in [-0.39, 0.29) is 0 Å². The van der Waals surface area contributed by atoms with Crippen molar-refractivity contribution in [3.05, 3.63) is 188 Å². The van der Waals surface area contributed by atoms with Gasteiger partial charge in [0.1, 0.15) is 11.2 Å². The Bertz CT molecular complexity index is 2540. The van der Waals surface area contributed by atoms with Gasteiger partial charge in [0.05, 0.1) is 11.4 Å². The van der Waals surface area contributed by atoms with Crippen LogP contribution in [-0.2, 0) is 0 Å². The van der Waals surface area contributed by atoms with Gasteiger partial charge in [-0.05, 0) is 75.7 Å². The van der Waals surface area contributed by atoms with E-state index < -0.39 is 0 Å². The summed E-state index contributed by atoms with van der Waals surface area (Å²) in [6, 6.07) is 66.9. The molecular formula is C46H31NO. The molecule has 2 heteroatoms. The zero-order chi connectivity index (χ0) is 31.9. The molecule has 0 unspecified atom stereocenters. The molecule has 0 bridgehead atoms. The van der Waals surface area contributed by atoms with Gasteiger partial charge in [0.2, 0.25) is 0 Å². The summed E-state index contributed by atoms with van der Waals surface area (Å²) in [5.41, 5.74) is 12.1. The number of hydrogen-bond acceptors (Lipinski definition) is 2. The molecule has 0 aliphatic heterocycles. The SMILES string of the molecule is c1ccc(-c2ccc(N(c3ccc4oc5ccccc5c4c3-c3cccc(-c4ccccc4)c3)c3cccc4ccccc34)cc2)cc1. The van der Waals surface area contributed by atoms with Crippen molar-refractivity contribution in [2.24, 2.45) is 0 Å².